The third-order valence-corrected chi connectivity index (χ3v) is 5.31. The third kappa shape index (κ3) is 2.60. The van der Waals surface area contributed by atoms with Gasteiger partial charge in [0.05, 0.1) is 12.2 Å². The van der Waals surface area contributed by atoms with E-state index in [0.717, 1.165) is 6.26 Å². The van der Waals surface area contributed by atoms with Crippen LogP contribution in [0.2, 0.25) is 0 Å². The zero-order valence-corrected chi connectivity index (χ0v) is 12.4. The Morgan fingerprint density at radius 2 is 2.14 bits per heavy atom. The Bertz CT molecular complexity index is 726. The number of sulfonamides is 1. The van der Waals surface area contributed by atoms with Crippen molar-refractivity contribution in [1.82, 2.24) is 4.31 Å². The Labute approximate surface area is 123 Å². The van der Waals surface area contributed by atoms with Crippen LogP contribution in [-0.2, 0) is 14.8 Å². The maximum absolute atomic E-state index is 13.3. The Morgan fingerprint density at radius 1 is 1.38 bits per heavy atom. The van der Waals surface area contributed by atoms with E-state index in [1.54, 1.807) is 18.2 Å². The molecule has 1 aromatic rings. The molecule has 6 heteroatoms. The van der Waals surface area contributed by atoms with Gasteiger partial charge in [0.2, 0.25) is 10.0 Å². The van der Waals surface area contributed by atoms with Crippen molar-refractivity contribution in [2.24, 2.45) is 5.92 Å². The first-order valence-corrected chi connectivity index (χ1v) is 8.70. The average Bonchev–Trinajstić information content (AvgIpc) is 2.68. The third-order valence-electron chi connectivity index (χ3n) is 4.08. The average molecular weight is 309 g/mol. The molecule has 1 aromatic carbocycles. The first kappa shape index (κ1) is 14.3. The van der Waals surface area contributed by atoms with E-state index in [4.69, 9.17) is 0 Å². The zero-order chi connectivity index (χ0) is 15.2. The standard InChI is InChI=1S/C15H16FNO3S/c1-21(19,20)17-12-5-6-15(18)13(9-12)14(17)8-10-3-2-4-11(16)7-10/h2-4,7-8,12-13H,5-6,9H2,1H3/b14-8+/t12-,13+/m0/s1. The van der Waals surface area contributed by atoms with Gasteiger partial charge < -0.3 is 0 Å². The van der Waals surface area contributed by atoms with E-state index in [0.29, 0.717) is 30.5 Å². The molecule has 21 heavy (non-hydrogen) atoms. The molecule has 0 spiro atoms. The van der Waals surface area contributed by atoms with E-state index in [1.165, 1.54) is 16.4 Å². The molecule has 1 saturated heterocycles. The number of carbonyl (C=O) groups is 1. The predicted molar refractivity (Wildman–Crippen MR) is 77.2 cm³/mol. The number of rotatable bonds is 2. The number of ketones is 1. The second kappa shape index (κ2) is 4.94. The smallest absolute Gasteiger partial charge is 0.232 e. The minimum Gasteiger partial charge on any atom is -0.299 e. The van der Waals surface area contributed by atoms with E-state index in [1.807, 2.05) is 0 Å². The van der Waals surface area contributed by atoms with Crippen molar-refractivity contribution in [3.63, 3.8) is 0 Å². The van der Waals surface area contributed by atoms with Gasteiger partial charge >= 0.3 is 0 Å². The lowest BCUT2D eigenvalue weighted by Gasteiger charge is -2.24. The van der Waals surface area contributed by atoms with Crippen LogP contribution in [0.15, 0.2) is 30.0 Å². The number of benzene rings is 1. The second-order valence-electron chi connectivity index (χ2n) is 5.63. The van der Waals surface area contributed by atoms with Crippen molar-refractivity contribution in [1.29, 1.82) is 0 Å². The maximum Gasteiger partial charge on any atom is 0.232 e. The summed E-state index contributed by atoms with van der Waals surface area (Å²) in [7, 11) is -3.44. The summed E-state index contributed by atoms with van der Waals surface area (Å²) in [6.07, 6.45) is 4.27. The quantitative estimate of drug-likeness (QED) is 0.841. The van der Waals surface area contributed by atoms with Crippen molar-refractivity contribution >= 4 is 21.9 Å². The van der Waals surface area contributed by atoms with E-state index in [9.17, 15) is 17.6 Å². The highest BCUT2D eigenvalue weighted by Crippen LogP contribution is 2.43. The molecule has 1 aliphatic carbocycles. The van der Waals surface area contributed by atoms with Crippen LogP contribution >= 0.6 is 0 Å². The molecule has 2 bridgehead atoms. The summed E-state index contributed by atoms with van der Waals surface area (Å²) < 4.78 is 38.7. The first-order chi connectivity index (χ1) is 9.86. The molecule has 2 aliphatic rings. The highest BCUT2D eigenvalue weighted by atomic mass is 32.2. The molecule has 0 amide bonds. The Morgan fingerprint density at radius 3 is 2.81 bits per heavy atom. The zero-order valence-electron chi connectivity index (χ0n) is 11.6. The van der Waals surface area contributed by atoms with Crippen LogP contribution in [0.25, 0.3) is 6.08 Å². The molecule has 1 aliphatic heterocycles. The number of hydrogen-bond acceptors (Lipinski definition) is 3. The summed E-state index contributed by atoms with van der Waals surface area (Å²) in [6, 6.07) is 5.77. The van der Waals surface area contributed by atoms with Gasteiger partial charge in [-0.05, 0) is 36.6 Å². The minimum atomic E-state index is -3.44. The molecule has 0 aromatic heterocycles. The Kier molecular flexibility index (Phi) is 3.36. The second-order valence-corrected chi connectivity index (χ2v) is 7.49. The number of fused-ring (bicyclic) bond motifs is 2. The van der Waals surface area contributed by atoms with Gasteiger partial charge in [-0.1, -0.05) is 12.1 Å². The molecule has 3 rings (SSSR count). The van der Waals surface area contributed by atoms with Crippen molar-refractivity contribution in [3.8, 4) is 0 Å². The lowest BCUT2D eigenvalue weighted by Crippen LogP contribution is -2.33. The molecule has 1 saturated carbocycles. The fourth-order valence-electron chi connectivity index (χ4n) is 3.26. The van der Waals surface area contributed by atoms with Gasteiger partial charge in [0.25, 0.3) is 0 Å². The number of carbonyl (C=O) groups excluding carboxylic acids is 1. The molecule has 1 heterocycles. The molecule has 0 N–H and O–H groups in total. The summed E-state index contributed by atoms with van der Waals surface area (Å²) in [5.74, 6) is -0.704. The predicted octanol–water partition coefficient (Wildman–Crippen LogP) is 2.18. The van der Waals surface area contributed by atoms with Gasteiger partial charge in [-0.3, -0.25) is 9.10 Å². The van der Waals surface area contributed by atoms with Gasteiger partial charge in [-0.25, -0.2) is 12.8 Å². The number of nitrogens with zero attached hydrogens (tertiary/aromatic N) is 1. The minimum absolute atomic E-state index is 0.0695. The Balaban J connectivity index is 2.10. The first-order valence-electron chi connectivity index (χ1n) is 6.85. The van der Waals surface area contributed by atoms with Crippen molar-refractivity contribution in [2.45, 2.75) is 25.3 Å². The van der Waals surface area contributed by atoms with Crippen LogP contribution in [-0.4, -0.2) is 30.8 Å². The van der Waals surface area contributed by atoms with Crippen LogP contribution in [0.5, 0.6) is 0 Å². The number of allylic oxidation sites excluding steroid dienone is 1. The van der Waals surface area contributed by atoms with Crippen LogP contribution in [0, 0.1) is 11.7 Å². The van der Waals surface area contributed by atoms with Crippen molar-refractivity contribution in [3.05, 3.63) is 41.3 Å². The van der Waals surface area contributed by atoms with Gasteiger partial charge in [-0.2, -0.15) is 0 Å². The van der Waals surface area contributed by atoms with Gasteiger partial charge in [0, 0.05) is 18.2 Å². The van der Waals surface area contributed by atoms with Crippen molar-refractivity contribution < 1.29 is 17.6 Å². The SMILES string of the molecule is CS(=O)(=O)N1/C(=C/c2cccc(F)c2)[C@H]2C[C@@H]1CCC2=O. The number of halogens is 1. The van der Waals surface area contributed by atoms with Gasteiger partial charge in [0.15, 0.2) is 0 Å². The van der Waals surface area contributed by atoms with E-state index in [2.05, 4.69) is 0 Å². The summed E-state index contributed by atoms with van der Waals surface area (Å²) >= 11 is 0. The molecule has 112 valence electrons. The van der Waals surface area contributed by atoms with Gasteiger partial charge in [0.1, 0.15) is 11.6 Å². The fourth-order valence-corrected chi connectivity index (χ4v) is 4.56. The summed E-state index contributed by atoms with van der Waals surface area (Å²) in [5.41, 5.74) is 1.05. The largest absolute Gasteiger partial charge is 0.299 e. The fraction of sp³-hybridized carbons (Fsp3) is 0.400. The van der Waals surface area contributed by atoms with Crippen LogP contribution < -0.4 is 0 Å². The van der Waals surface area contributed by atoms with E-state index >= 15 is 0 Å². The number of hydrogen-bond donors (Lipinski definition) is 0. The van der Waals surface area contributed by atoms with E-state index < -0.39 is 10.0 Å². The highest BCUT2D eigenvalue weighted by Gasteiger charge is 2.46. The highest BCUT2D eigenvalue weighted by molar-refractivity contribution is 7.88. The lowest BCUT2D eigenvalue weighted by molar-refractivity contribution is -0.122. The normalized spacial score (nSPS) is 27.4. The van der Waals surface area contributed by atoms with Crippen LogP contribution in [0.4, 0.5) is 4.39 Å². The molecule has 2 atom stereocenters. The van der Waals surface area contributed by atoms with Gasteiger partial charge in [-0.15, -0.1) is 0 Å². The topological polar surface area (TPSA) is 54.5 Å². The Hall–Kier alpha value is -1.69. The summed E-state index contributed by atoms with van der Waals surface area (Å²) in [5, 5.41) is 0. The maximum atomic E-state index is 13.3. The lowest BCUT2D eigenvalue weighted by atomic mass is 9.87. The summed E-state index contributed by atoms with van der Waals surface area (Å²) in [6.45, 7) is 0. The van der Waals surface area contributed by atoms with E-state index in [-0.39, 0.29) is 23.6 Å². The van der Waals surface area contributed by atoms with Crippen LogP contribution in [0.3, 0.4) is 0 Å². The molecule has 2 fully saturated rings. The van der Waals surface area contributed by atoms with Crippen molar-refractivity contribution in [2.75, 3.05) is 6.26 Å². The summed E-state index contributed by atoms with van der Waals surface area (Å²) in [4.78, 5) is 12.1. The molecular weight excluding hydrogens is 293 g/mol. The molecular formula is C15H16FNO3S. The molecule has 4 nitrogen and oxygen atoms in total. The van der Waals surface area contributed by atoms with Crippen LogP contribution in [0.1, 0.15) is 24.8 Å². The monoisotopic (exact) mass is 309 g/mol. The molecule has 0 unspecified atom stereocenters. The number of Topliss-reactive ketones (excluding diaryl/α,β-unsaturated/α-hetero) is 1. The molecule has 0 radical (unpaired) electrons.